The summed E-state index contributed by atoms with van der Waals surface area (Å²) in [6.45, 7) is 5.36. The van der Waals surface area contributed by atoms with Gasteiger partial charge in [0.25, 0.3) is 0 Å². The van der Waals surface area contributed by atoms with Gasteiger partial charge in [-0.25, -0.2) is 4.98 Å². The van der Waals surface area contributed by atoms with Crippen molar-refractivity contribution < 1.29 is 4.79 Å². The first-order valence-electron chi connectivity index (χ1n) is 7.06. The summed E-state index contributed by atoms with van der Waals surface area (Å²) in [7, 11) is 0. The van der Waals surface area contributed by atoms with Crippen molar-refractivity contribution in [1.82, 2.24) is 15.2 Å². The van der Waals surface area contributed by atoms with Crippen molar-refractivity contribution in [1.29, 1.82) is 0 Å². The molecule has 110 valence electrons. The number of piperidine rings is 1. The first kappa shape index (κ1) is 15.2. The smallest absolute Gasteiger partial charge is 0.238 e. The van der Waals surface area contributed by atoms with Crippen LogP contribution in [0.1, 0.15) is 19.8 Å². The average Bonchev–Trinajstić information content (AvgIpc) is 2.48. The minimum Gasteiger partial charge on any atom is -0.322 e. The second kappa shape index (κ2) is 7.57. The Morgan fingerprint density at radius 3 is 3.15 bits per heavy atom. The van der Waals surface area contributed by atoms with Crippen LogP contribution in [0.15, 0.2) is 18.3 Å². The largest absolute Gasteiger partial charge is 0.322 e. The highest BCUT2D eigenvalue weighted by molar-refractivity contribution is 6.32. The van der Waals surface area contributed by atoms with Crippen LogP contribution in [0.25, 0.3) is 0 Å². The first-order chi connectivity index (χ1) is 9.70. The van der Waals surface area contributed by atoms with Gasteiger partial charge in [-0.3, -0.25) is 9.69 Å². The van der Waals surface area contributed by atoms with E-state index in [1.54, 1.807) is 18.3 Å². The van der Waals surface area contributed by atoms with Crippen LogP contribution in [0.5, 0.6) is 0 Å². The second-order valence-corrected chi connectivity index (χ2v) is 5.31. The normalized spacial score (nSPS) is 19.1. The van der Waals surface area contributed by atoms with Crippen LogP contribution in [-0.4, -0.2) is 48.0 Å². The first-order valence-corrected chi connectivity index (χ1v) is 7.43. The van der Waals surface area contributed by atoms with E-state index in [1.807, 2.05) is 0 Å². The van der Waals surface area contributed by atoms with Crippen molar-refractivity contribution in [3.05, 3.63) is 23.5 Å². The van der Waals surface area contributed by atoms with Crippen molar-refractivity contribution in [3.63, 3.8) is 0 Å². The molecule has 20 heavy (non-hydrogen) atoms. The number of aromatic nitrogens is 1. The SMILES string of the molecule is CCN(CC(=O)Nc1cccnc1Cl)C1CCCNC1. The molecule has 2 heterocycles. The van der Waals surface area contributed by atoms with Crippen LogP contribution in [-0.2, 0) is 4.79 Å². The van der Waals surface area contributed by atoms with Crippen LogP contribution in [0.2, 0.25) is 5.15 Å². The lowest BCUT2D eigenvalue weighted by Gasteiger charge is -2.33. The quantitative estimate of drug-likeness (QED) is 0.813. The molecule has 6 heteroatoms. The molecule has 5 nitrogen and oxygen atoms in total. The van der Waals surface area contributed by atoms with E-state index in [9.17, 15) is 4.79 Å². The third kappa shape index (κ3) is 4.16. The molecule has 1 amide bonds. The maximum Gasteiger partial charge on any atom is 0.238 e. The van der Waals surface area contributed by atoms with Gasteiger partial charge in [0.1, 0.15) is 0 Å². The second-order valence-electron chi connectivity index (χ2n) is 4.95. The number of nitrogens with zero attached hydrogens (tertiary/aromatic N) is 2. The molecule has 0 aliphatic carbocycles. The Morgan fingerprint density at radius 2 is 2.50 bits per heavy atom. The highest BCUT2D eigenvalue weighted by atomic mass is 35.5. The number of carbonyl (C=O) groups excluding carboxylic acids is 1. The molecular weight excluding hydrogens is 276 g/mol. The lowest BCUT2D eigenvalue weighted by Crippen LogP contribution is -2.48. The van der Waals surface area contributed by atoms with Crippen molar-refractivity contribution in [3.8, 4) is 0 Å². The number of rotatable bonds is 5. The molecular formula is C14H21ClN4O. The highest BCUT2D eigenvalue weighted by Crippen LogP contribution is 2.17. The number of hydrogen-bond acceptors (Lipinski definition) is 4. The predicted octanol–water partition coefficient (Wildman–Crippen LogP) is 1.75. The Morgan fingerprint density at radius 1 is 1.65 bits per heavy atom. The molecule has 0 spiro atoms. The van der Waals surface area contributed by atoms with Crippen LogP contribution >= 0.6 is 11.6 Å². The van der Waals surface area contributed by atoms with Gasteiger partial charge in [0, 0.05) is 18.8 Å². The number of likely N-dealkylation sites (N-methyl/N-ethyl adjacent to an activating group) is 1. The van der Waals surface area contributed by atoms with E-state index >= 15 is 0 Å². The van der Waals surface area contributed by atoms with Crippen molar-refractivity contribution >= 4 is 23.2 Å². The highest BCUT2D eigenvalue weighted by Gasteiger charge is 2.21. The molecule has 2 rings (SSSR count). The predicted molar refractivity (Wildman–Crippen MR) is 81.0 cm³/mol. The molecule has 1 aromatic heterocycles. The average molecular weight is 297 g/mol. The van der Waals surface area contributed by atoms with Crippen LogP contribution in [0.4, 0.5) is 5.69 Å². The van der Waals surface area contributed by atoms with Crippen LogP contribution < -0.4 is 10.6 Å². The van der Waals surface area contributed by atoms with E-state index in [-0.39, 0.29) is 5.91 Å². The fourth-order valence-corrected chi connectivity index (χ4v) is 2.66. The Bertz CT molecular complexity index is 449. The molecule has 0 bridgehead atoms. The molecule has 0 aromatic carbocycles. The standard InChI is InChI=1S/C14H21ClN4O/c1-2-19(11-5-3-7-16-9-11)10-13(20)18-12-6-4-8-17-14(12)15/h4,6,8,11,16H,2-3,5,7,9-10H2,1H3,(H,18,20). The number of amides is 1. The summed E-state index contributed by atoms with van der Waals surface area (Å²) in [6, 6.07) is 3.94. The number of anilines is 1. The van der Waals surface area contributed by atoms with Gasteiger partial charge in [0.05, 0.1) is 12.2 Å². The number of carbonyl (C=O) groups is 1. The van der Waals surface area contributed by atoms with Crippen molar-refractivity contribution in [2.75, 3.05) is 31.5 Å². The van der Waals surface area contributed by atoms with E-state index in [0.29, 0.717) is 23.4 Å². The molecule has 1 atom stereocenters. The molecule has 1 unspecified atom stereocenters. The Hall–Kier alpha value is -1.17. The summed E-state index contributed by atoms with van der Waals surface area (Å²) in [5, 5.41) is 6.52. The molecule has 1 saturated heterocycles. The van der Waals surface area contributed by atoms with E-state index in [1.165, 1.54) is 0 Å². The summed E-state index contributed by atoms with van der Waals surface area (Å²) in [6.07, 6.45) is 3.91. The summed E-state index contributed by atoms with van der Waals surface area (Å²) in [5.41, 5.74) is 0.567. The fourth-order valence-electron chi connectivity index (χ4n) is 2.50. The Kier molecular flexibility index (Phi) is 5.76. The molecule has 1 aromatic rings. The van der Waals surface area contributed by atoms with Crippen molar-refractivity contribution in [2.24, 2.45) is 0 Å². The molecule has 0 radical (unpaired) electrons. The number of pyridine rings is 1. The van der Waals surface area contributed by atoms with E-state index < -0.39 is 0 Å². The van der Waals surface area contributed by atoms with Crippen molar-refractivity contribution in [2.45, 2.75) is 25.8 Å². The fraction of sp³-hybridized carbons (Fsp3) is 0.571. The van der Waals surface area contributed by atoms with Crippen LogP contribution in [0.3, 0.4) is 0 Å². The third-order valence-corrected chi connectivity index (χ3v) is 3.87. The van der Waals surface area contributed by atoms with E-state index in [2.05, 4.69) is 27.4 Å². The van der Waals surface area contributed by atoms with E-state index in [0.717, 1.165) is 32.5 Å². The molecule has 1 aliphatic heterocycles. The summed E-state index contributed by atoms with van der Waals surface area (Å²) < 4.78 is 0. The van der Waals surface area contributed by atoms with Gasteiger partial charge in [-0.1, -0.05) is 18.5 Å². The topological polar surface area (TPSA) is 57.3 Å². The van der Waals surface area contributed by atoms with Crippen LogP contribution in [0, 0.1) is 0 Å². The maximum atomic E-state index is 12.1. The lowest BCUT2D eigenvalue weighted by atomic mass is 10.1. The molecule has 0 saturated carbocycles. The lowest BCUT2D eigenvalue weighted by molar-refractivity contribution is -0.117. The molecule has 1 fully saturated rings. The monoisotopic (exact) mass is 296 g/mol. The van der Waals surface area contributed by atoms with Gasteiger partial charge in [-0.05, 0) is 38.1 Å². The minimum atomic E-state index is -0.0488. The zero-order chi connectivity index (χ0) is 14.4. The zero-order valence-electron chi connectivity index (χ0n) is 11.7. The van der Waals surface area contributed by atoms with Gasteiger partial charge in [-0.15, -0.1) is 0 Å². The molecule has 2 N–H and O–H groups in total. The summed E-state index contributed by atoms with van der Waals surface area (Å²) in [5.74, 6) is -0.0488. The molecule has 1 aliphatic rings. The number of nitrogens with one attached hydrogen (secondary N) is 2. The maximum absolute atomic E-state index is 12.1. The summed E-state index contributed by atoms with van der Waals surface area (Å²) in [4.78, 5) is 18.3. The van der Waals surface area contributed by atoms with Gasteiger partial charge in [-0.2, -0.15) is 0 Å². The number of halogens is 1. The third-order valence-electron chi connectivity index (χ3n) is 3.57. The van der Waals surface area contributed by atoms with E-state index in [4.69, 9.17) is 11.6 Å². The van der Waals surface area contributed by atoms with Gasteiger partial charge in [0.15, 0.2) is 5.15 Å². The number of hydrogen-bond donors (Lipinski definition) is 2. The zero-order valence-corrected chi connectivity index (χ0v) is 12.5. The Balaban J connectivity index is 1.90. The Labute approximate surface area is 124 Å². The summed E-state index contributed by atoms with van der Waals surface area (Å²) >= 11 is 5.94. The van der Waals surface area contributed by atoms with Gasteiger partial charge >= 0.3 is 0 Å². The van der Waals surface area contributed by atoms with Gasteiger partial charge in [0.2, 0.25) is 5.91 Å². The van der Waals surface area contributed by atoms with Gasteiger partial charge < -0.3 is 10.6 Å². The minimum absolute atomic E-state index is 0.0488.